The lowest BCUT2D eigenvalue weighted by molar-refractivity contribution is 0.234. The molecule has 1 aliphatic rings. The Morgan fingerprint density at radius 3 is 2.55 bits per heavy atom. The fraction of sp³-hybridized carbons (Fsp3) is 0.667. The Balaban J connectivity index is 1.86. The van der Waals surface area contributed by atoms with Crippen LogP contribution in [-0.2, 0) is 0 Å². The van der Waals surface area contributed by atoms with E-state index in [-0.39, 0.29) is 0 Å². The van der Waals surface area contributed by atoms with Gasteiger partial charge in [-0.2, -0.15) is 0 Å². The van der Waals surface area contributed by atoms with Gasteiger partial charge in [0.05, 0.1) is 0 Å². The number of likely N-dealkylation sites (N-methyl/N-ethyl adjacent to an activating group) is 1. The van der Waals surface area contributed by atoms with E-state index in [1.54, 1.807) is 0 Å². The number of nitrogens with zero attached hydrogens (tertiary/aromatic N) is 1. The maximum absolute atomic E-state index is 3.79. The number of unbranched alkanes of at least 4 members (excludes halogenated alkanes) is 1. The monoisotopic (exact) mass is 274 g/mol. The van der Waals surface area contributed by atoms with Crippen LogP contribution in [0, 0.1) is 0 Å². The summed E-state index contributed by atoms with van der Waals surface area (Å²) in [4.78, 5) is 2.54. The molecule has 1 saturated carbocycles. The number of rotatable bonds is 9. The van der Waals surface area contributed by atoms with Crippen molar-refractivity contribution >= 4 is 0 Å². The van der Waals surface area contributed by atoms with E-state index in [0.717, 1.165) is 12.6 Å². The highest BCUT2D eigenvalue weighted by atomic mass is 15.2. The molecule has 0 spiro atoms. The lowest BCUT2D eigenvalue weighted by Crippen LogP contribution is -2.40. The number of hydrogen-bond acceptors (Lipinski definition) is 2. The topological polar surface area (TPSA) is 15.3 Å². The molecule has 0 radical (unpaired) electrons. The standard InChI is InChI=1S/C18H30N2/c1-4-5-11-18(16-9-7-6-8-10-16)19-14-15(2)20(3)17-12-13-17/h6-10,15,17-19H,4-5,11-14H2,1-3H3. The molecule has 0 aromatic heterocycles. The summed E-state index contributed by atoms with van der Waals surface area (Å²) < 4.78 is 0. The first kappa shape index (κ1) is 15.5. The molecule has 1 aromatic carbocycles. The van der Waals surface area contributed by atoms with Gasteiger partial charge in [0, 0.05) is 24.7 Å². The summed E-state index contributed by atoms with van der Waals surface area (Å²) in [5.74, 6) is 0. The zero-order valence-corrected chi connectivity index (χ0v) is 13.3. The van der Waals surface area contributed by atoms with Crippen molar-refractivity contribution < 1.29 is 0 Å². The highest BCUT2D eigenvalue weighted by molar-refractivity contribution is 5.18. The van der Waals surface area contributed by atoms with E-state index in [0.29, 0.717) is 12.1 Å². The largest absolute Gasteiger partial charge is 0.308 e. The van der Waals surface area contributed by atoms with Crippen LogP contribution >= 0.6 is 0 Å². The van der Waals surface area contributed by atoms with Crippen LogP contribution in [0.5, 0.6) is 0 Å². The minimum atomic E-state index is 0.506. The van der Waals surface area contributed by atoms with Crippen molar-refractivity contribution in [1.82, 2.24) is 10.2 Å². The molecule has 2 atom stereocenters. The first-order chi connectivity index (χ1) is 9.72. The van der Waals surface area contributed by atoms with Gasteiger partial charge in [-0.15, -0.1) is 0 Å². The van der Waals surface area contributed by atoms with Gasteiger partial charge in [0.25, 0.3) is 0 Å². The van der Waals surface area contributed by atoms with Gasteiger partial charge in [-0.3, -0.25) is 4.90 Å². The summed E-state index contributed by atoms with van der Waals surface area (Å²) in [6.45, 7) is 5.69. The average Bonchev–Trinajstić information content (AvgIpc) is 3.32. The van der Waals surface area contributed by atoms with E-state index in [9.17, 15) is 0 Å². The molecule has 0 aliphatic heterocycles. The third-order valence-corrected chi connectivity index (χ3v) is 4.53. The SMILES string of the molecule is CCCCC(NCC(C)N(C)C1CC1)c1ccccc1. The minimum Gasteiger partial charge on any atom is -0.308 e. The molecule has 0 bridgehead atoms. The molecule has 1 N–H and O–H groups in total. The fourth-order valence-electron chi connectivity index (χ4n) is 2.78. The number of hydrogen-bond donors (Lipinski definition) is 1. The Morgan fingerprint density at radius 2 is 1.95 bits per heavy atom. The Kier molecular flexibility index (Phi) is 6.06. The first-order valence-electron chi connectivity index (χ1n) is 8.22. The van der Waals surface area contributed by atoms with Crippen molar-refractivity contribution in [1.29, 1.82) is 0 Å². The van der Waals surface area contributed by atoms with Crippen LogP contribution in [0.1, 0.15) is 57.6 Å². The molecule has 2 rings (SSSR count). The van der Waals surface area contributed by atoms with E-state index in [1.807, 2.05) is 0 Å². The van der Waals surface area contributed by atoms with Crippen LogP contribution in [-0.4, -0.2) is 30.6 Å². The molecule has 1 aliphatic carbocycles. The lowest BCUT2D eigenvalue weighted by atomic mass is 10.0. The third-order valence-electron chi connectivity index (χ3n) is 4.53. The van der Waals surface area contributed by atoms with E-state index < -0.39 is 0 Å². The number of nitrogens with one attached hydrogen (secondary N) is 1. The van der Waals surface area contributed by atoms with E-state index in [2.05, 4.69) is 61.4 Å². The lowest BCUT2D eigenvalue weighted by Gasteiger charge is -2.27. The predicted molar refractivity (Wildman–Crippen MR) is 87.0 cm³/mol. The molecule has 20 heavy (non-hydrogen) atoms. The van der Waals surface area contributed by atoms with Gasteiger partial charge >= 0.3 is 0 Å². The van der Waals surface area contributed by atoms with Crippen LogP contribution in [0.15, 0.2) is 30.3 Å². The second-order valence-corrected chi connectivity index (χ2v) is 6.26. The van der Waals surface area contributed by atoms with Crippen molar-refractivity contribution in [2.24, 2.45) is 0 Å². The molecule has 2 nitrogen and oxygen atoms in total. The van der Waals surface area contributed by atoms with Crippen molar-refractivity contribution in [3.8, 4) is 0 Å². The van der Waals surface area contributed by atoms with Gasteiger partial charge in [0.15, 0.2) is 0 Å². The van der Waals surface area contributed by atoms with Crippen LogP contribution in [0.2, 0.25) is 0 Å². The highest BCUT2D eigenvalue weighted by Gasteiger charge is 2.29. The van der Waals surface area contributed by atoms with Gasteiger partial charge in [0.2, 0.25) is 0 Å². The summed E-state index contributed by atoms with van der Waals surface area (Å²) in [6.07, 6.45) is 6.57. The Hall–Kier alpha value is -0.860. The molecular weight excluding hydrogens is 244 g/mol. The summed E-state index contributed by atoms with van der Waals surface area (Å²) in [5, 5.41) is 3.79. The summed E-state index contributed by atoms with van der Waals surface area (Å²) in [5.41, 5.74) is 1.43. The number of benzene rings is 1. The molecule has 1 aromatic rings. The smallest absolute Gasteiger partial charge is 0.0320 e. The average molecular weight is 274 g/mol. The van der Waals surface area contributed by atoms with Crippen molar-refractivity contribution in [3.05, 3.63) is 35.9 Å². The summed E-state index contributed by atoms with van der Waals surface area (Å²) in [7, 11) is 2.27. The molecule has 112 valence electrons. The Labute approximate surface area is 124 Å². The third kappa shape index (κ3) is 4.60. The zero-order chi connectivity index (χ0) is 14.4. The quantitative estimate of drug-likeness (QED) is 0.732. The van der Waals surface area contributed by atoms with Gasteiger partial charge in [0.1, 0.15) is 0 Å². The molecule has 2 unspecified atom stereocenters. The Bertz CT molecular complexity index is 372. The maximum Gasteiger partial charge on any atom is 0.0320 e. The summed E-state index contributed by atoms with van der Waals surface area (Å²) in [6, 6.07) is 12.9. The summed E-state index contributed by atoms with van der Waals surface area (Å²) >= 11 is 0. The molecule has 0 amide bonds. The van der Waals surface area contributed by atoms with Gasteiger partial charge in [-0.1, -0.05) is 50.1 Å². The van der Waals surface area contributed by atoms with Crippen LogP contribution in [0.4, 0.5) is 0 Å². The van der Waals surface area contributed by atoms with E-state index in [4.69, 9.17) is 0 Å². The van der Waals surface area contributed by atoms with Crippen molar-refractivity contribution in [2.75, 3.05) is 13.6 Å². The maximum atomic E-state index is 3.79. The minimum absolute atomic E-state index is 0.506. The Morgan fingerprint density at radius 1 is 1.25 bits per heavy atom. The van der Waals surface area contributed by atoms with Gasteiger partial charge in [-0.25, -0.2) is 0 Å². The van der Waals surface area contributed by atoms with Gasteiger partial charge < -0.3 is 5.32 Å². The zero-order valence-electron chi connectivity index (χ0n) is 13.3. The van der Waals surface area contributed by atoms with Crippen molar-refractivity contribution in [3.63, 3.8) is 0 Å². The molecule has 1 fully saturated rings. The van der Waals surface area contributed by atoms with Gasteiger partial charge in [-0.05, 0) is 38.8 Å². The van der Waals surface area contributed by atoms with Crippen molar-refractivity contribution in [2.45, 2.75) is 64.1 Å². The second kappa shape index (κ2) is 7.80. The predicted octanol–water partition coefficient (Wildman–Crippen LogP) is 3.99. The van der Waals surface area contributed by atoms with E-state index >= 15 is 0 Å². The van der Waals surface area contributed by atoms with Crippen LogP contribution in [0.3, 0.4) is 0 Å². The molecule has 2 heteroatoms. The normalized spacial score (nSPS) is 18.2. The fourth-order valence-corrected chi connectivity index (χ4v) is 2.78. The van der Waals surface area contributed by atoms with E-state index in [1.165, 1.54) is 37.7 Å². The second-order valence-electron chi connectivity index (χ2n) is 6.26. The van der Waals surface area contributed by atoms with Crippen LogP contribution < -0.4 is 5.32 Å². The molecule has 0 saturated heterocycles. The highest BCUT2D eigenvalue weighted by Crippen LogP contribution is 2.27. The molecular formula is C18H30N2. The molecule has 0 heterocycles. The van der Waals surface area contributed by atoms with Crippen LogP contribution in [0.25, 0.3) is 0 Å². The first-order valence-corrected chi connectivity index (χ1v) is 8.22.